The number of aromatic nitrogens is 2. The molecule has 0 radical (unpaired) electrons. The first-order valence-corrected chi connectivity index (χ1v) is 4.73. The van der Waals surface area contributed by atoms with Crippen LogP contribution in [-0.2, 0) is 0 Å². The lowest BCUT2D eigenvalue weighted by Gasteiger charge is -2.13. The standard InChI is InChI=1S/C7H9N3S/c1-2-7(9-8-3-1)10-4-5-11-6-10/h1-3H,4-6H2. The van der Waals surface area contributed by atoms with Crippen LogP contribution >= 0.6 is 11.8 Å². The molecule has 11 heavy (non-hydrogen) atoms. The van der Waals surface area contributed by atoms with Crippen molar-refractivity contribution in [3.63, 3.8) is 0 Å². The second-order valence-electron chi connectivity index (χ2n) is 2.38. The average molecular weight is 167 g/mol. The van der Waals surface area contributed by atoms with Gasteiger partial charge in [0.25, 0.3) is 0 Å². The Hall–Kier alpha value is -0.770. The third-order valence-corrected chi connectivity index (χ3v) is 2.60. The van der Waals surface area contributed by atoms with E-state index in [0.717, 1.165) is 18.2 Å². The zero-order valence-corrected chi connectivity index (χ0v) is 6.92. The molecule has 2 rings (SSSR count). The normalized spacial score (nSPS) is 17.3. The zero-order chi connectivity index (χ0) is 7.52. The molecule has 1 fully saturated rings. The van der Waals surface area contributed by atoms with E-state index in [1.807, 2.05) is 23.9 Å². The third kappa shape index (κ3) is 1.45. The minimum Gasteiger partial charge on any atom is -0.345 e. The van der Waals surface area contributed by atoms with Gasteiger partial charge in [0, 0.05) is 18.5 Å². The molecule has 1 aliphatic heterocycles. The summed E-state index contributed by atoms with van der Waals surface area (Å²) in [5, 5.41) is 7.85. The van der Waals surface area contributed by atoms with E-state index in [0.29, 0.717) is 0 Å². The van der Waals surface area contributed by atoms with Crippen LogP contribution in [0, 0.1) is 0 Å². The molecule has 0 aliphatic carbocycles. The summed E-state index contributed by atoms with van der Waals surface area (Å²) >= 11 is 1.94. The lowest BCUT2D eigenvalue weighted by molar-refractivity contribution is 0.909. The summed E-state index contributed by atoms with van der Waals surface area (Å²) in [6, 6.07) is 3.92. The molecule has 1 aliphatic rings. The number of rotatable bonds is 1. The first-order chi connectivity index (χ1) is 5.47. The van der Waals surface area contributed by atoms with Crippen molar-refractivity contribution in [1.29, 1.82) is 0 Å². The molecule has 1 aromatic heterocycles. The van der Waals surface area contributed by atoms with E-state index >= 15 is 0 Å². The van der Waals surface area contributed by atoms with E-state index in [4.69, 9.17) is 0 Å². The monoisotopic (exact) mass is 167 g/mol. The summed E-state index contributed by atoms with van der Waals surface area (Å²) in [7, 11) is 0. The third-order valence-electron chi connectivity index (χ3n) is 1.63. The fraction of sp³-hybridized carbons (Fsp3) is 0.429. The van der Waals surface area contributed by atoms with Crippen LogP contribution in [0.25, 0.3) is 0 Å². The van der Waals surface area contributed by atoms with Gasteiger partial charge >= 0.3 is 0 Å². The van der Waals surface area contributed by atoms with Crippen LogP contribution in [0.4, 0.5) is 5.82 Å². The molecule has 0 aromatic carbocycles. The molecule has 0 atom stereocenters. The van der Waals surface area contributed by atoms with Gasteiger partial charge in [-0.25, -0.2) is 0 Å². The largest absolute Gasteiger partial charge is 0.345 e. The van der Waals surface area contributed by atoms with Crippen LogP contribution in [0.2, 0.25) is 0 Å². The van der Waals surface area contributed by atoms with Crippen LogP contribution in [0.5, 0.6) is 0 Å². The Morgan fingerprint density at radius 3 is 3.18 bits per heavy atom. The van der Waals surface area contributed by atoms with Gasteiger partial charge in [-0.3, -0.25) is 0 Å². The van der Waals surface area contributed by atoms with Gasteiger partial charge in [-0.2, -0.15) is 5.10 Å². The van der Waals surface area contributed by atoms with Crippen LogP contribution in [0.15, 0.2) is 18.3 Å². The molecule has 0 saturated carbocycles. The van der Waals surface area contributed by atoms with Gasteiger partial charge < -0.3 is 4.90 Å². The number of thioether (sulfide) groups is 1. The second-order valence-corrected chi connectivity index (χ2v) is 3.46. The Bertz CT molecular complexity index is 220. The number of hydrogen-bond donors (Lipinski definition) is 0. The van der Waals surface area contributed by atoms with Crippen molar-refractivity contribution in [2.24, 2.45) is 0 Å². The fourth-order valence-electron chi connectivity index (χ4n) is 1.06. The second kappa shape index (κ2) is 3.09. The summed E-state index contributed by atoms with van der Waals surface area (Å²) in [6.45, 7) is 1.10. The quantitative estimate of drug-likeness (QED) is 0.623. The molecule has 0 unspecified atom stereocenters. The van der Waals surface area contributed by atoms with Crippen molar-refractivity contribution in [1.82, 2.24) is 10.2 Å². The molecule has 4 heteroatoms. The number of hydrogen-bond acceptors (Lipinski definition) is 4. The smallest absolute Gasteiger partial charge is 0.151 e. The highest BCUT2D eigenvalue weighted by Crippen LogP contribution is 2.18. The Balaban J connectivity index is 2.16. The van der Waals surface area contributed by atoms with Crippen LogP contribution in [0.3, 0.4) is 0 Å². The number of anilines is 1. The average Bonchev–Trinajstić information content (AvgIpc) is 2.58. The topological polar surface area (TPSA) is 29.0 Å². The predicted octanol–water partition coefficient (Wildman–Crippen LogP) is 0.987. The lowest BCUT2D eigenvalue weighted by atomic mass is 10.5. The SMILES string of the molecule is c1cnnc(N2CCSC2)c1. The molecule has 1 aromatic rings. The van der Waals surface area contributed by atoms with Crippen molar-refractivity contribution in [2.75, 3.05) is 23.1 Å². The molecule has 2 heterocycles. The van der Waals surface area contributed by atoms with E-state index in [-0.39, 0.29) is 0 Å². The molecule has 3 nitrogen and oxygen atoms in total. The summed E-state index contributed by atoms with van der Waals surface area (Å²) in [4.78, 5) is 2.23. The highest BCUT2D eigenvalue weighted by Gasteiger charge is 2.12. The van der Waals surface area contributed by atoms with E-state index < -0.39 is 0 Å². The van der Waals surface area contributed by atoms with Crippen molar-refractivity contribution in [2.45, 2.75) is 0 Å². The zero-order valence-electron chi connectivity index (χ0n) is 6.10. The highest BCUT2D eigenvalue weighted by atomic mass is 32.2. The molecule has 0 spiro atoms. The van der Waals surface area contributed by atoms with Gasteiger partial charge in [0.15, 0.2) is 5.82 Å². The van der Waals surface area contributed by atoms with Crippen molar-refractivity contribution in [3.05, 3.63) is 18.3 Å². The van der Waals surface area contributed by atoms with Crippen molar-refractivity contribution in [3.8, 4) is 0 Å². The van der Waals surface area contributed by atoms with E-state index in [2.05, 4.69) is 15.1 Å². The summed E-state index contributed by atoms with van der Waals surface area (Å²) in [6.07, 6.45) is 1.70. The van der Waals surface area contributed by atoms with E-state index in [1.165, 1.54) is 5.75 Å². The minimum atomic E-state index is 0.998. The van der Waals surface area contributed by atoms with Gasteiger partial charge in [-0.15, -0.1) is 16.9 Å². The van der Waals surface area contributed by atoms with Crippen molar-refractivity contribution < 1.29 is 0 Å². The minimum absolute atomic E-state index is 0.998. The Labute approximate surface area is 69.8 Å². The Morgan fingerprint density at radius 2 is 2.55 bits per heavy atom. The summed E-state index contributed by atoms with van der Waals surface area (Å²) in [5.41, 5.74) is 0. The van der Waals surface area contributed by atoms with E-state index in [1.54, 1.807) is 6.20 Å². The van der Waals surface area contributed by atoms with Gasteiger partial charge in [0.05, 0.1) is 5.88 Å². The molecular weight excluding hydrogens is 158 g/mol. The highest BCUT2D eigenvalue weighted by molar-refractivity contribution is 7.99. The summed E-state index contributed by atoms with van der Waals surface area (Å²) in [5.74, 6) is 3.26. The predicted molar refractivity (Wildman–Crippen MR) is 46.7 cm³/mol. The van der Waals surface area contributed by atoms with Crippen molar-refractivity contribution >= 4 is 17.6 Å². The lowest BCUT2D eigenvalue weighted by Crippen LogP contribution is -2.19. The van der Waals surface area contributed by atoms with Gasteiger partial charge in [0.1, 0.15) is 0 Å². The Kier molecular flexibility index (Phi) is 1.94. The maximum absolute atomic E-state index is 4.02. The van der Waals surface area contributed by atoms with Crippen LogP contribution < -0.4 is 4.90 Å². The molecule has 58 valence electrons. The van der Waals surface area contributed by atoms with Crippen LogP contribution in [-0.4, -0.2) is 28.4 Å². The van der Waals surface area contributed by atoms with Crippen LogP contribution in [0.1, 0.15) is 0 Å². The summed E-state index contributed by atoms with van der Waals surface area (Å²) < 4.78 is 0. The Morgan fingerprint density at radius 1 is 1.55 bits per heavy atom. The molecule has 0 amide bonds. The first-order valence-electron chi connectivity index (χ1n) is 3.57. The van der Waals surface area contributed by atoms with E-state index in [9.17, 15) is 0 Å². The maximum Gasteiger partial charge on any atom is 0.151 e. The molecule has 0 N–H and O–H groups in total. The number of nitrogens with zero attached hydrogens (tertiary/aromatic N) is 3. The van der Waals surface area contributed by atoms with Gasteiger partial charge in [-0.05, 0) is 12.1 Å². The first kappa shape index (κ1) is 6.91. The maximum atomic E-state index is 4.02. The molecule has 1 saturated heterocycles. The molecule has 0 bridgehead atoms. The molecular formula is C7H9N3S. The van der Waals surface area contributed by atoms with Gasteiger partial charge in [0.2, 0.25) is 0 Å². The van der Waals surface area contributed by atoms with Gasteiger partial charge in [-0.1, -0.05) is 0 Å². The fourth-order valence-corrected chi connectivity index (χ4v) is 2.02.